The predicted molar refractivity (Wildman–Crippen MR) is 63.0 cm³/mol. The van der Waals surface area contributed by atoms with E-state index in [1.807, 2.05) is 0 Å². The fourth-order valence-corrected chi connectivity index (χ4v) is 2.94. The first-order chi connectivity index (χ1) is 7.48. The zero-order valence-electron chi connectivity index (χ0n) is 8.80. The second-order valence-corrected chi connectivity index (χ2v) is 5.50. The fourth-order valence-electron chi connectivity index (χ4n) is 2.23. The largest absolute Gasteiger partial charge is 0.401 e. The highest BCUT2D eigenvalue weighted by atomic mass is 79.9. The highest BCUT2D eigenvalue weighted by molar-refractivity contribution is 9.11. The molecule has 0 aromatic carbocycles. The summed E-state index contributed by atoms with van der Waals surface area (Å²) in [4.78, 5) is 0. The molecular formula is C11H15BrF2N2. The van der Waals surface area contributed by atoms with Gasteiger partial charge in [-0.3, -0.25) is 0 Å². The molecule has 2 nitrogen and oxygen atoms in total. The van der Waals surface area contributed by atoms with E-state index in [1.165, 1.54) is 0 Å². The van der Waals surface area contributed by atoms with Crippen molar-refractivity contribution in [1.29, 1.82) is 0 Å². The van der Waals surface area contributed by atoms with Crippen LogP contribution in [0.25, 0.3) is 0 Å². The van der Waals surface area contributed by atoms with Crippen molar-refractivity contribution in [3.63, 3.8) is 0 Å². The molecule has 0 aromatic heterocycles. The summed E-state index contributed by atoms with van der Waals surface area (Å²) in [6.07, 6.45) is 3.16. The Hall–Kier alpha value is -0.420. The monoisotopic (exact) mass is 292 g/mol. The van der Waals surface area contributed by atoms with Crippen LogP contribution in [-0.4, -0.2) is 12.5 Å². The van der Waals surface area contributed by atoms with E-state index < -0.39 is 17.9 Å². The van der Waals surface area contributed by atoms with E-state index in [0.717, 1.165) is 12.8 Å². The first kappa shape index (κ1) is 12.0. The van der Waals surface area contributed by atoms with Crippen LogP contribution in [0.15, 0.2) is 22.3 Å². The normalized spacial score (nSPS) is 34.9. The van der Waals surface area contributed by atoms with Crippen LogP contribution in [0, 0.1) is 11.3 Å². The standard InChI is InChI=1S/C11H15BrF2N2/c12-8-4-3-7(15)9(16)11(8,10(13)14)5-6-1-2-6/h3-4,6,9-10H,1-2,5,15-16H2. The quantitative estimate of drug-likeness (QED) is 0.840. The number of hydrogen-bond acceptors (Lipinski definition) is 2. The van der Waals surface area contributed by atoms with Gasteiger partial charge in [-0.1, -0.05) is 28.8 Å². The van der Waals surface area contributed by atoms with Gasteiger partial charge in [0.1, 0.15) is 0 Å². The van der Waals surface area contributed by atoms with Gasteiger partial charge in [0.2, 0.25) is 0 Å². The molecule has 1 saturated carbocycles. The van der Waals surface area contributed by atoms with Crippen LogP contribution in [0.4, 0.5) is 8.78 Å². The Balaban J connectivity index is 2.35. The maximum absolute atomic E-state index is 13.4. The van der Waals surface area contributed by atoms with E-state index in [1.54, 1.807) is 12.2 Å². The maximum Gasteiger partial charge on any atom is 0.250 e. The molecule has 2 rings (SSSR count). The van der Waals surface area contributed by atoms with Gasteiger partial charge in [-0.15, -0.1) is 0 Å². The van der Waals surface area contributed by atoms with Crippen molar-refractivity contribution in [2.45, 2.75) is 31.7 Å². The van der Waals surface area contributed by atoms with E-state index >= 15 is 0 Å². The van der Waals surface area contributed by atoms with E-state index in [9.17, 15) is 8.78 Å². The molecule has 2 atom stereocenters. The SMILES string of the molecule is NC1=CC=C(Br)C(CC2CC2)(C(F)F)C1N. The smallest absolute Gasteiger partial charge is 0.250 e. The Morgan fingerprint density at radius 2 is 2.06 bits per heavy atom. The maximum atomic E-state index is 13.4. The molecule has 90 valence electrons. The fraction of sp³-hybridized carbons (Fsp3) is 0.636. The molecule has 0 saturated heterocycles. The highest BCUT2D eigenvalue weighted by Gasteiger charge is 2.52. The summed E-state index contributed by atoms with van der Waals surface area (Å²) in [5.41, 5.74) is 10.6. The molecule has 16 heavy (non-hydrogen) atoms. The molecular weight excluding hydrogens is 278 g/mol. The molecule has 0 radical (unpaired) electrons. The number of allylic oxidation sites excluding steroid dienone is 2. The van der Waals surface area contributed by atoms with Crippen molar-refractivity contribution in [2.24, 2.45) is 22.8 Å². The lowest BCUT2D eigenvalue weighted by molar-refractivity contribution is 0.00482. The lowest BCUT2D eigenvalue weighted by Crippen LogP contribution is -2.51. The molecule has 0 bridgehead atoms. The number of alkyl halides is 2. The summed E-state index contributed by atoms with van der Waals surface area (Å²) in [6.45, 7) is 0. The summed E-state index contributed by atoms with van der Waals surface area (Å²) in [7, 11) is 0. The predicted octanol–water partition coefficient (Wildman–Crippen LogP) is 2.50. The van der Waals surface area contributed by atoms with Crippen LogP contribution in [-0.2, 0) is 0 Å². The van der Waals surface area contributed by atoms with Gasteiger partial charge >= 0.3 is 0 Å². The van der Waals surface area contributed by atoms with Crippen LogP contribution in [0.2, 0.25) is 0 Å². The summed E-state index contributed by atoms with van der Waals surface area (Å²) < 4.78 is 27.3. The van der Waals surface area contributed by atoms with Gasteiger partial charge in [0, 0.05) is 10.2 Å². The van der Waals surface area contributed by atoms with Crippen molar-refractivity contribution in [1.82, 2.24) is 0 Å². The van der Waals surface area contributed by atoms with Crippen molar-refractivity contribution in [3.05, 3.63) is 22.3 Å². The van der Waals surface area contributed by atoms with E-state index in [2.05, 4.69) is 15.9 Å². The van der Waals surface area contributed by atoms with Gasteiger partial charge in [-0.2, -0.15) is 0 Å². The molecule has 2 aliphatic carbocycles. The van der Waals surface area contributed by atoms with Gasteiger partial charge < -0.3 is 11.5 Å². The molecule has 0 heterocycles. The van der Waals surface area contributed by atoms with Gasteiger partial charge in [-0.25, -0.2) is 8.78 Å². The summed E-state index contributed by atoms with van der Waals surface area (Å²) >= 11 is 3.24. The minimum atomic E-state index is -2.50. The van der Waals surface area contributed by atoms with Crippen molar-refractivity contribution in [2.75, 3.05) is 0 Å². The third kappa shape index (κ3) is 1.80. The molecule has 0 aromatic rings. The van der Waals surface area contributed by atoms with Gasteiger partial charge in [0.15, 0.2) is 0 Å². The van der Waals surface area contributed by atoms with Gasteiger partial charge in [0.25, 0.3) is 6.43 Å². The molecule has 2 aliphatic rings. The first-order valence-electron chi connectivity index (χ1n) is 5.35. The average molecular weight is 293 g/mol. The van der Waals surface area contributed by atoms with Crippen molar-refractivity contribution >= 4 is 15.9 Å². The Bertz CT molecular complexity index is 350. The van der Waals surface area contributed by atoms with Crippen LogP contribution in [0.5, 0.6) is 0 Å². The van der Waals surface area contributed by atoms with E-state index in [-0.39, 0.29) is 0 Å². The number of hydrogen-bond donors (Lipinski definition) is 2. The average Bonchev–Trinajstić information content (AvgIpc) is 3.02. The van der Waals surface area contributed by atoms with Crippen molar-refractivity contribution in [3.8, 4) is 0 Å². The first-order valence-corrected chi connectivity index (χ1v) is 6.15. The minimum absolute atomic E-state index is 0.337. The molecule has 2 unspecified atom stereocenters. The topological polar surface area (TPSA) is 52.0 Å². The zero-order valence-corrected chi connectivity index (χ0v) is 10.4. The summed E-state index contributed by atoms with van der Waals surface area (Å²) in [6, 6.07) is -0.799. The second-order valence-electron chi connectivity index (χ2n) is 4.65. The Labute approximate surface area is 102 Å². The summed E-state index contributed by atoms with van der Waals surface area (Å²) in [5, 5.41) is 0. The number of halogens is 3. The molecule has 5 heteroatoms. The van der Waals surface area contributed by atoms with Crippen LogP contribution in [0.3, 0.4) is 0 Å². The number of nitrogens with two attached hydrogens (primary N) is 2. The van der Waals surface area contributed by atoms with E-state index in [0.29, 0.717) is 22.5 Å². The minimum Gasteiger partial charge on any atom is -0.401 e. The third-order valence-electron chi connectivity index (χ3n) is 3.49. The Morgan fingerprint density at radius 1 is 1.44 bits per heavy atom. The molecule has 0 amide bonds. The highest BCUT2D eigenvalue weighted by Crippen LogP contribution is 2.52. The second kappa shape index (κ2) is 4.11. The molecule has 4 N–H and O–H groups in total. The molecule has 1 fully saturated rings. The lowest BCUT2D eigenvalue weighted by Gasteiger charge is -2.40. The van der Waals surface area contributed by atoms with Crippen LogP contribution < -0.4 is 11.5 Å². The van der Waals surface area contributed by atoms with Gasteiger partial charge in [0.05, 0.1) is 11.5 Å². The zero-order chi connectivity index (χ0) is 11.9. The van der Waals surface area contributed by atoms with Crippen LogP contribution in [0.1, 0.15) is 19.3 Å². The number of rotatable bonds is 3. The van der Waals surface area contributed by atoms with Crippen molar-refractivity contribution < 1.29 is 8.78 Å². The van der Waals surface area contributed by atoms with E-state index in [4.69, 9.17) is 11.5 Å². The Morgan fingerprint density at radius 3 is 2.56 bits per heavy atom. The third-order valence-corrected chi connectivity index (χ3v) is 4.50. The Kier molecular flexibility index (Phi) is 3.09. The van der Waals surface area contributed by atoms with Gasteiger partial charge in [-0.05, 0) is 24.5 Å². The van der Waals surface area contributed by atoms with Crippen LogP contribution >= 0.6 is 15.9 Å². The molecule has 0 spiro atoms. The summed E-state index contributed by atoms with van der Waals surface area (Å²) in [5.74, 6) is 0.367. The molecule has 0 aliphatic heterocycles. The lowest BCUT2D eigenvalue weighted by atomic mass is 9.72.